The minimum atomic E-state index is 0.339. The smallest absolute Gasteiger partial charge is 0.122 e. The first-order valence-corrected chi connectivity index (χ1v) is 13.6. The molecule has 0 aliphatic heterocycles. The third-order valence-corrected chi connectivity index (χ3v) is 10.4. The van der Waals surface area contributed by atoms with E-state index in [0.717, 1.165) is 42.3 Å². The number of hydrogen-bond acceptors (Lipinski definition) is 2. The van der Waals surface area contributed by atoms with Crippen molar-refractivity contribution in [3.63, 3.8) is 0 Å². The van der Waals surface area contributed by atoms with Crippen LogP contribution in [-0.4, -0.2) is 19.0 Å². The highest BCUT2D eigenvalue weighted by atomic mass is 16.5. The Labute approximate surface area is 192 Å². The van der Waals surface area contributed by atoms with Crippen LogP contribution in [0.2, 0.25) is 0 Å². The number of allylic oxidation sites excluding steroid dienone is 1. The van der Waals surface area contributed by atoms with Gasteiger partial charge < -0.3 is 9.53 Å². The lowest BCUT2D eigenvalue weighted by atomic mass is 9.47. The summed E-state index contributed by atoms with van der Waals surface area (Å²) in [5.74, 6) is 4.60. The molecule has 31 heavy (non-hydrogen) atoms. The van der Waals surface area contributed by atoms with Gasteiger partial charge in [0.15, 0.2) is 0 Å². The van der Waals surface area contributed by atoms with Crippen LogP contribution in [0.1, 0.15) is 111 Å². The van der Waals surface area contributed by atoms with Crippen LogP contribution in [0.4, 0.5) is 0 Å². The van der Waals surface area contributed by atoms with Gasteiger partial charge in [-0.2, -0.15) is 0 Å². The number of aldehydes is 1. The lowest BCUT2D eigenvalue weighted by Gasteiger charge is -2.58. The van der Waals surface area contributed by atoms with Gasteiger partial charge in [-0.05, 0) is 98.2 Å². The van der Waals surface area contributed by atoms with Crippen molar-refractivity contribution >= 4 is 6.29 Å². The molecule has 2 nitrogen and oxygen atoms in total. The van der Waals surface area contributed by atoms with Crippen molar-refractivity contribution in [3.8, 4) is 0 Å². The molecule has 4 aliphatic rings. The Morgan fingerprint density at radius 3 is 2.71 bits per heavy atom. The number of unbranched alkanes of at least 4 members (excludes halogenated alkanes) is 1. The van der Waals surface area contributed by atoms with E-state index in [-0.39, 0.29) is 0 Å². The zero-order valence-corrected chi connectivity index (χ0v) is 20.8. The molecule has 4 aliphatic carbocycles. The predicted molar refractivity (Wildman–Crippen MR) is 129 cm³/mol. The van der Waals surface area contributed by atoms with Gasteiger partial charge in [0.2, 0.25) is 0 Å². The standard InChI is InChI=1S/C29H48O2/c1-21(2)8-5-6-9-22-11-13-26-25-12-10-23-20-24(31-19-7-18-30)14-16-29(23,4)27(25)15-17-28(22,26)3/h10,18,21-22,24-27H,5-9,11-17,19-20H2,1-4H3. The molecule has 176 valence electrons. The van der Waals surface area contributed by atoms with Gasteiger partial charge in [0, 0.05) is 6.42 Å². The maximum absolute atomic E-state index is 10.6. The Balaban J connectivity index is 1.40. The van der Waals surface area contributed by atoms with Crippen LogP contribution in [0.3, 0.4) is 0 Å². The topological polar surface area (TPSA) is 26.3 Å². The van der Waals surface area contributed by atoms with E-state index in [9.17, 15) is 4.79 Å². The Morgan fingerprint density at radius 2 is 1.94 bits per heavy atom. The summed E-state index contributed by atoms with van der Waals surface area (Å²) >= 11 is 0. The largest absolute Gasteiger partial charge is 0.377 e. The molecule has 7 atom stereocenters. The van der Waals surface area contributed by atoms with Crippen LogP contribution in [0, 0.1) is 40.4 Å². The fourth-order valence-electron chi connectivity index (χ4n) is 8.58. The normalized spacial score (nSPS) is 42.0. The molecular formula is C29H48O2. The Bertz CT molecular complexity index is 651. The number of ether oxygens (including phenoxy) is 1. The summed E-state index contributed by atoms with van der Waals surface area (Å²) in [6.07, 6.45) is 21.1. The molecule has 0 spiro atoms. The highest BCUT2D eigenvalue weighted by Crippen LogP contribution is 2.66. The van der Waals surface area contributed by atoms with Crippen LogP contribution in [0.15, 0.2) is 11.6 Å². The van der Waals surface area contributed by atoms with Gasteiger partial charge in [-0.25, -0.2) is 0 Å². The van der Waals surface area contributed by atoms with Crippen molar-refractivity contribution in [1.29, 1.82) is 0 Å². The third-order valence-electron chi connectivity index (χ3n) is 10.4. The number of carbonyl (C=O) groups excluding carboxylic acids is 1. The van der Waals surface area contributed by atoms with E-state index in [1.165, 1.54) is 70.6 Å². The predicted octanol–water partition coefficient (Wildman–Crippen LogP) is 7.76. The summed E-state index contributed by atoms with van der Waals surface area (Å²) in [4.78, 5) is 10.6. The summed E-state index contributed by atoms with van der Waals surface area (Å²) in [6.45, 7) is 10.6. The highest BCUT2D eigenvalue weighted by Gasteiger charge is 2.58. The Morgan fingerprint density at radius 1 is 1.10 bits per heavy atom. The fourth-order valence-corrected chi connectivity index (χ4v) is 8.58. The monoisotopic (exact) mass is 428 g/mol. The Hall–Kier alpha value is -0.630. The first-order chi connectivity index (χ1) is 14.9. The van der Waals surface area contributed by atoms with Crippen LogP contribution in [0.5, 0.6) is 0 Å². The van der Waals surface area contributed by atoms with E-state index in [1.807, 2.05) is 0 Å². The third kappa shape index (κ3) is 4.57. The van der Waals surface area contributed by atoms with Gasteiger partial charge >= 0.3 is 0 Å². The van der Waals surface area contributed by atoms with Gasteiger partial charge in [0.05, 0.1) is 12.7 Å². The number of rotatable bonds is 9. The SMILES string of the molecule is CC(C)CCCCC1CCC2C3CC=C4CC(OCCC=O)CCC4(C)C3CCC12C. The van der Waals surface area contributed by atoms with E-state index >= 15 is 0 Å². The molecule has 0 aromatic rings. The molecule has 0 heterocycles. The van der Waals surface area contributed by atoms with E-state index in [1.54, 1.807) is 5.57 Å². The second-order valence-electron chi connectivity index (χ2n) is 12.4. The Kier molecular flexibility index (Phi) is 7.36. The van der Waals surface area contributed by atoms with Crippen molar-refractivity contribution in [3.05, 3.63) is 11.6 Å². The number of carbonyl (C=O) groups is 1. The molecule has 7 unspecified atom stereocenters. The van der Waals surface area contributed by atoms with Crippen molar-refractivity contribution < 1.29 is 9.53 Å². The molecule has 0 radical (unpaired) electrons. The van der Waals surface area contributed by atoms with Crippen LogP contribution < -0.4 is 0 Å². The fraction of sp³-hybridized carbons (Fsp3) is 0.897. The molecule has 0 amide bonds. The molecular weight excluding hydrogens is 380 g/mol. The molecule has 3 saturated carbocycles. The maximum Gasteiger partial charge on any atom is 0.122 e. The van der Waals surface area contributed by atoms with Crippen LogP contribution in [-0.2, 0) is 9.53 Å². The summed E-state index contributed by atoms with van der Waals surface area (Å²) in [5, 5.41) is 0. The molecule has 0 aromatic carbocycles. The van der Waals surface area contributed by atoms with Crippen molar-refractivity contribution in [1.82, 2.24) is 0 Å². The summed E-state index contributed by atoms with van der Waals surface area (Å²) in [6, 6.07) is 0. The average Bonchev–Trinajstić information content (AvgIpc) is 3.08. The summed E-state index contributed by atoms with van der Waals surface area (Å²) in [7, 11) is 0. The number of hydrogen-bond donors (Lipinski definition) is 0. The molecule has 4 rings (SSSR count). The van der Waals surface area contributed by atoms with E-state index in [4.69, 9.17) is 4.74 Å². The van der Waals surface area contributed by atoms with Gasteiger partial charge in [-0.15, -0.1) is 0 Å². The van der Waals surface area contributed by atoms with Crippen molar-refractivity contribution in [2.24, 2.45) is 40.4 Å². The molecule has 3 fully saturated rings. The summed E-state index contributed by atoms with van der Waals surface area (Å²) < 4.78 is 6.04. The quantitative estimate of drug-likeness (QED) is 0.213. The van der Waals surface area contributed by atoms with Crippen LogP contribution >= 0.6 is 0 Å². The lowest BCUT2D eigenvalue weighted by molar-refractivity contribution is -0.109. The van der Waals surface area contributed by atoms with Gasteiger partial charge in [-0.1, -0.05) is 58.6 Å². The minimum Gasteiger partial charge on any atom is -0.377 e. The second kappa shape index (κ2) is 9.70. The van der Waals surface area contributed by atoms with E-state index in [2.05, 4.69) is 33.8 Å². The van der Waals surface area contributed by atoms with Crippen LogP contribution in [0.25, 0.3) is 0 Å². The van der Waals surface area contributed by atoms with E-state index in [0.29, 0.717) is 30.0 Å². The first-order valence-electron chi connectivity index (χ1n) is 13.6. The zero-order chi connectivity index (χ0) is 22.1. The molecule has 0 bridgehead atoms. The average molecular weight is 429 g/mol. The zero-order valence-electron chi connectivity index (χ0n) is 20.8. The summed E-state index contributed by atoms with van der Waals surface area (Å²) in [5.41, 5.74) is 2.71. The minimum absolute atomic E-state index is 0.339. The molecule has 0 saturated heterocycles. The molecule has 0 N–H and O–H groups in total. The van der Waals surface area contributed by atoms with Gasteiger partial charge in [0.25, 0.3) is 0 Å². The van der Waals surface area contributed by atoms with Gasteiger partial charge in [-0.3, -0.25) is 0 Å². The first kappa shape index (κ1) is 23.5. The molecule has 0 aromatic heterocycles. The van der Waals surface area contributed by atoms with E-state index < -0.39 is 0 Å². The second-order valence-corrected chi connectivity index (χ2v) is 12.4. The van der Waals surface area contributed by atoms with Gasteiger partial charge in [0.1, 0.15) is 6.29 Å². The lowest BCUT2D eigenvalue weighted by Crippen LogP contribution is -2.50. The highest BCUT2D eigenvalue weighted by molar-refractivity contribution is 5.49. The maximum atomic E-state index is 10.6. The molecule has 2 heteroatoms. The van der Waals surface area contributed by atoms with Crippen molar-refractivity contribution in [2.75, 3.05) is 6.61 Å². The number of fused-ring (bicyclic) bond motifs is 5. The van der Waals surface area contributed by atoms with Crippen molar-refractivity contribution in [2.45, 2.75) is 117 Å².